The number of aromatic hydroxyl groups is 1. The number of nitrogen functional groups attached to an aromatic ring is 1. The molecule has 14 heavy (non-hydrogen) atoms. The van der Waals surface area contributed by atoms with E-state index < -0.39 is 34.4 Å². The van der Waals surface area contributed by atoms with Crippen LogP contribution in [0, 0.1) is 0 Å². The summed E-state index contributed by atoms with van der Waals surface area (Å²) in [5.74, 6) is -1.38. The molecule has 0 aliphatic rings. The van der Waals surface area contributed by atoms with Gasteiger partial charge in [-0.05, 0) is 11.6 Å². The third-order valence-electron chi connectivity index (χ3n) is 1.55. The molecule has 0 saturated heterocycles. The van der Waals surface area contributed by atoms with Crippen LogP contribution in [0.4, 0.5) is 14.6 Å². The van der Waals surface area contributed by atoms with Crippen LogP contribution in [-0.4, -0.2) is 15.3 Å². The van der Waals surface area contributed by atoms with Gasteiger partial charge in [0.25, 0.3) is 11.7 Å². The maximum Gasteiger partial charge on any atom is 0.268 e. The van der Waals surface area contributed by atoms with E-state index in [1.165, 1.54) is 0 Å². The molecule has 0 aliphatic heterocycles. The SMILES string of the molecule is Nc1ncc(C(=O)Cl)c(C(F)F)c1O. The molecular weight excluding hydrogens is 218 g/mol. The summed E-state index contributed by atoms with van der Waals surface area (Å²) in [6.07, 6.45) is -2.25. The highest BCUT2D eigenvalue weighted by Crippen LogP contribution is 2.34. The molecule has 0 aromatic carbocycles. The van der Waals surface area contributed by atoms with E-state index in [4.69, 9.17) is 22.4 Å². The molecule has 0 unspecified atom stereocenters. The molecule has 1 rings (SSSR count). The van der Waals surface area contributed by atoms with E-state index in [2.05, 4.69) is 4.98 Å². The van der Waals surface area contributed by atoms with Gasteiger partial charge in [-0.1, -0.05) is 0 Å². The van der Waals surface area contributed by atoms with Gasteiger partial charge in [0.05, 0.1) is 11.1 Å². The highest BCUT2D eigenvalue weighted by Gasteiger charge is 2.23. The van der Waals surface area contributed by atoms with Crippen LogP contribution >= 0.6 is 11.6 Å². The average Bonchev–Trinajstić information content (AvgIpc) is 2.08. The average molecular weight is 223 g/mol. The van der Waals surface area contributed by atoms with Crippen LogP contribution in [0.5, 0.6) is 5.75 Å². The van der Waals surface area contributed by atoms with Crippen molar-refractivity contribution in [1.82, 2.24) is 4.98 Å². The van der Waals surface area contributed by atoms with Crippen LogP contribution < -0.4 is 5.73 Å². The molecule has 0 spiro atoms. The Morgan fingerprint density at radius 1 is 1.64 bits per heavy atom. The summed E-state index contributed by atoms with van der Waals surface area (Å²) in [5.41, 5.74) is 3.64. The quantitative estimate of drug-likeness (QED) is 0.747. The molecular formula is C7H5ClF2N2O2. The van der Waals surface area contributed by atoms with Gasteiger partial charge in [0, 0.05) is 6.20 Å². The van der Waals surface area contributed by atoms with Gasteiger partial charge in [-0.15, -0.1) is 0 Å². The fraction of sp³-hybridized carbons (Fsp3) is 0.143. The first-order valence-corrected chi connectivity index (χ1v) is 3.78. The zero-order valence-corrected chi connectivity index (χ0v) is 7.42. The maximum absolute atomic E-state index is 12.4. The van der Waals surface area contributed by atoms with Crippen molar-refractivity contribution >= 4 is 22.7 Å². The smallest absolute Gasteiger partial charge is 0.268 e. The zero-order chi connectivity index (χ0) is 10.9. The van der Waals surface area contributed by atoms with E-state index in [0.29, 0.717) is 0 Å². The summed E-state index contributed by atoms with van der Waals surface area (Å²) in [6, 6.07) is 0. The number of carbonyl (C=O) groups is 1. The summed E-state index contributed by atoms with van der Waals surface area (Å²) >= 11 is 5.01. The molecule has 0 bridgehead atoms. The van der Waals surface area contributed by atoms with Crippen molar-refractivity contribution in [3.8, 4) is 5.75 Å². The molecule has 7 heteroatoms. The van der Waals surface area contributed by atoms with Gasteiger partial charge in [0.15, 0.2) is 11.6 Å². The number of halogens is 3. The molecule has 1 heterocycles. The summed E-state index contributed by atoms with van der Waals surface area (Å²) in [4.78, 5) is 14.0. The second-order valence-corrected chi connectivity index (χ2v) is 2.74. The van der Waals surface area contributed by atoms with Crippen molar-refractivity contribution in [2.45, 2.75) is 6.43 Å². The lowest BCUT2D eigenvalue weighted by Gasteiger charge is -2.08. The first-order valence-electron chi connectivity index (χ1n) is 3.40. The van der Waals surface area contributed by atoms with Crippen LogP contribution in [0.15, 0.2) is 6.20 Å². The first-order chi connectivity index (χ1) is 6.45. The van der Waals surface area contributed by atoms with Crippen LogP contribution in [0.25, 0.3) is 0 Å². The monoisotopic (exact) mass is 222 g/mol. The molecule has 1 aromatic rings. The highest BCUT2D eigenvalue weighted by molar-refractivity contribution is 6.67. The second-order valence-electron chi connectivity index (χ2n) is 2.39. The molecule has 0 saturated carbocycles. The van der Waals surface area contributed by atoms with Crippen molar-refractivity contribution in [1.29, 1.82) is 0 Å². The molecule has 0 aliphatic carbocycles. The lowest BCUT2D eigenvalue weighted by atomic mass is 10.1. The summed E-state index contributed by atoms with van der Waals surface area (Å²) < 4.78 is 24.7. The van der Waals surface area contributed by atoms with Crippen molar-refractivity contribution in [3.05, 3.63) is 17.3 Å². The number of rotatable bonds is 2. The molecule has 3 N–H and O–H groups in total. The Hall–Kier alpha value is -1.43. The number of alkyl halides is 2. The minimum absolute atomic E-state index is 0.470. The minimum Gasteiger partial charge on any atom is -0.504 e. The van der Waals surface area contributed by atoms with E-state index in [1.807, 2.05) is 0 Å². The molecule has 0 atom stereocenters. The Balaban J connectivity index is 3.45. The first kappa shape index (κ1) is 10.6. The molecule has 0 fully saturated rings. The van der Waals surface area contributed by atoms with E-state index in [0.717, 1.165) is 6.20 Å². The van der Waals surface area contributed by atoms with Crippen LogP contribution in [0.2, 0.25) is 0 Å². The number of hydrogen-bond acceptors (Lipinski definition) is 4. The Labute approximate surface area is 82.3 Å². The van der Waals surface area contributed by atoms with E-state index >= 15 is 0 Å². The van der Waals surface area contributed by atoms with Gasteiger partial charge in [-0.25, -0.2) is 13.8 Å². The number of nitrogens with two attached hydrogens (primary N) is 1. The fourth-order valence-electron chi connectivity index (χ4n) is 0.908. The predicted octanol–water partition coefficient (Wildman–Crippen LogP) is 1.69. The molecule has 76 valence electrons. The lowest BCUT2D eigenvalue weighted by molar-refractivity contribution is 0.106. The summed E-state index contributed by atoms with van der Waals surface area (Å²) in [7, 11) is 0. The van der Waals surface area contributed by atoms with E-state index in [1.54, 1.807) is 0 Å². The van der Waals surface area contributed by atoms with Gasteiger partial charge in [0.1, 0.15) is 0 Å². The predicted molar refractivity (Wildman–Crippen MR) is 45.5 cm³/mol. The van der Waals surface area contributed by atoms with Crippen LogP contribution in [0.1, 0.15) is 22.3 Å². The molecule has 4 nitrogen and oxygen atoms in total. The normalized spacial score (nSPS) is 10.6. The number of hydrogen-bond donors (Lipinski definition) is 2. The number of nitrogens with zero attached hydrogens (tertiary/aromatic N) is 1. The van der Waals surface area contributed by atoms with Gasteiger partial charge in [0.2, 0.25) is 0 Å². The Morgan fingerprint density at radius 3 is 2.64 bits per heavy atom. The highest BCUT2D eigenvalue weighted by atomic mass is 35.5. The Bertz CT molecular complexity index is 384. The Kier molecular flexibility index (Phi) is 2.85. The van der Waals surface area contributed by atoms with Crippen molar-refractivity contribution in [3.63, 3.8) is 0 Å². The topological polar surface area (TPSA) is 76.2 Å². The van der Waals surface area contributed by atoms with E-state index in [-0.39, 0.29) is 0 Å². The third-order valence-corrected chi connectivity index (χ3v) is 1.75. The van der Waals surface area contributed by atoms with Gasteiger partial charge < -0.3 is 10.8 Å². The molecule has 0 amide bonds. The number of carbonyl (C=O) groups excluding carboxylic acids is 1. The van der Waals surface area contributed by atoms with Crippen molar-refractivity contribution in [2.75, 3.05) is 5.73 Å². The van der Waals surface area contributed by atoms with Crippen molar-refractivity contribution < 1.29 is 18.7 Å². The number of anilines is 1. The summed E-state index contributed by atoms with van der Waals surface area (Å²) in [5, 5.41) is 8.00. The van der Waals surface area contributed by atoms with Crippen LogP contribution in [-0.2, 0) is 0 Å². The lowest BCUT2D eigenvalue weighted by Crippen LogP contribution is -2.03. The van der Waals surface area contributed by atoms with Gasteiger partial charge in [-0.3, -0.25) is 4.79 Å². The van der Waals surface area contributed by atoms with Gasteiger partial charge in [-0.2, -0.15) is 0 Å². The maximum atomic E-state index is 12.4. The molecule has 0 radical (unpaired) electrons. The standard InChI is InChI=1S/C7H5ClF2N2O2/c8-5(14)2-1-12-7(11)4(13)3(2)6(9)10/h1,6,13H,(H2,11,12). The number of pyridine rings is 1. The third kappa shape index (κ3) is 1.74. The molecule has 1 aromatic heterocycles. The van der Waals surface area contributed by atoms with Gasteiger partial charge >= 0.3 is 0 Å². The zero-order valence-electron chi connectivity index (χ0n) is 6.67. The fourth-order valence-corrected chi connectivity index (χ4v) is 1.06. The second kappa shape index (κ2) is 3.75. The van der Waals surface area contributed by atoms with E-state index in [9.17, 15) is 13.6 Å². The van der Waals surface area contributed by atoms with Crippen LogP contribution in [0.3, 0.4) is 0 Å². The summed E-state index contributed by atoms with van der Waals surface area (Å²) in [6.45, 7) is 0. The minimum atomic E-state index is -3.04. The largest absolute Gasteiger partial charge is 0.504 e. The van der Waals surface area contributed by atoms with Crippen molar-refractivity contribution in [2.24, 2.45) is 0 Å². The number of aromatic nitrogens is 1. The Morgan fingerprint density at radius 2 is 2.21 bits per heavy atom.